The molecule has 3 aromatic rings. The lowest BCUT2D eigenvalue weighted by Crippen LogP contribution is -2.03. The van der Waals surface area contributed by atoms with Gasteiger partial charge in [0.25, 0.3) is 0 Å². The van der Waals surface area contributed by atoms with Gasteiger partial charge in [-0.05, 0) is 30.2 Å². The molecule has 5 heteroatoms. The summed E-state index contributed by atoms with van der Waals surface area (Å²) in [6, 6.07) is 14.7. The normalized spacial score (nSPS) is 10.6. The van der Waals surface area contributed by atoms with Crippen molar-refractivity contribution in [1.82, 2.24) is 9.55 Å². The largest absolute Gasteiger partial charge is 0.478 e. The second-order valence-electron chi connectivity index (χ2n) is 4.88. The van der Waals surface area contributed by atoms with Crippen LogP contribution in [-0.2, 0) is 0 Å². The second kappa shape index (κ2) is 5.66. The van der Waals surface area contributed by atoms with Gasteiger partial charge in [-0.1, -0.05) is 48.0 Å². The SMILES string of the molecule is Cc1nc(Cl)cn1-c1ccc(-c2ccccc2)c(C(=O)O)c1. The van der Waals surface area contributed by atoms with Crippen LogP contribution in [-0.4, -0.2) is 20.6 Å². The molecule has 0 atom stereocenters. The monoisotopic (exact) mass is 312 g/mol. The van der Waals surface area contributed by atoms with Crippen molar-refractivity contribution in [3.8, 4) is 16.8 Å². The summed E-state index contributed by atoms with van der Waals surface area (Å²) in [6.07, 6.45) is 1.67. The summed E-state index contributed by atoms with van der Waals surface area (Å²) in [5, 5.41) is 9.90. The summed E-state index contributed by atoms with van der Waals surface area (Å²) in [6.45, 7) is 1.82. The number of benzene rings is 2. The number of aromatic nitrogens is 2. The number of hydrogen-bond donors (Lipinski definition) is 1. The van der Waals surface area contributed by atoms with Crippen molar-refractivity contribution in [2.24, 2.45) is 0 Å². The summed E-state index contributed by atoms with van der Waals surface area (Å²) < 4.78 is 1.77. The Morgan fingerprint density at radius 1 is 1.18 bits per heavy atom. The molecular formula is C17H13ClN2O2. The Morgan fingerprint density at radius 3 is 2.50 bits per heavy atom. The van der Waals surface area contributed by atoms with E-state index in [1.54, 1.807) is 16.8 Å². The van der Waals surface area contributed by atoms with Crippen LogP contribution in [0.5, 0.6) is 0 Å². The molecule has 4 nitrogen and oxygen atoms in total. The van der Waals surface area contributed by atoms with E-state index in [1.165, 1.54) is 0 Å². The van der Waals surface area contributed by atoms with Crippen LogP contribution in [0.4, 0.5) is 0 Å². The van der Waals surface area contributed by atoms with E-state index in [1.807, 2.05) is 49.4 Å². The van der Waals surface area contributed by atoms with Gasteiger partial charge >= 0.3 is 5.97 Å². The molecular weight excluding hydrogens is 300 g/mol. The molecule has 0 saturated heterocycles. The molecule has 0 aliphatic rings. The van der Waals surface area contributed by atoms with Crippen LogP contribution in [0.15, 0.2) is 54.7 Å². The van der Waals surface area contributed by atoms with Crippen LogP contribution in [0.2, 0.25) is 5.15 Å². The van der Waals surface area contributed by atoms with Crippen LogP contribution in [0.3, 0.4) is 0 Å². The molecule has 0 bridgehead atoms. The third-order valence-electron chi connectivity index (χ3n) is 3.45. The molecule has 0 fully saturated rings. The van der Waals surface area contributed by atoms with Gasteiger partial charge in [0.05, 0.1) is 5.56 Å². The highest BCUT2D eigenvalue weighted by molar-refractivity contribution is 6.29. The molecule has 0 radical (unpaired) electrons. The quantitative estimate of drug-likeness (QED) is 0.788. The second-order valence-corrected chi connectivity index (χ2v) is 5.27. The zero-order chi connectivity index (χ0) is 15.7. The Morgan fingerprint density at radius 2 is 1.91 bits per heavy atom. The standard InChI is InChI=1S/C17H13ClN2O2/c1-11-19-16(18)10-20(11)13-7-8-14(15(9-13)17(21)22)12-5-3-2-4-6-12/h2-10H,1H3,(H,21,22). The summed E-state index contributed by atoms with van der Waals surface area (Å²) in [4.78, 5) is 15.7. The average Bonchev–Trinajstić information content (AvgIpc) is 2.86. The minimum Gasteiger partial charge on any atom is -0.478 e. The Balaban J connectivity index is 2.16. The number of halogens is 1. The maximum absolute atomic E-state index is 11.6. The van der Waals surface area contributed by atoms with E-state index < -0.39 is 5.97 Å². The Kier molecular flexibility index (Phi) is 3.69. The number of carboxylic acid groups (broad SMARTS) is 1. The predicted molar refractivity (Wildman–Crippen MR) is 85.7 cm³/mol. The third kappa shape index (κ3) is 2.61. The van der Waals surface area contributed by atoms with E-state index in [0.29, 0.717) is 22.2 Å². The lowest BCUT2D eigenvalue weighted by Gasteiger charge is -2.10. The third-order valence-corrected chi connectivity index (χ3v) is 3.63. The minimum atomic E-state index is -0.968. The molecule has 0 amide bonds. The van der Waals surface area contributed by atoms with E-state index in [-0.39, 0.29) is 5.56 Å². The summed E-state index contributed by atoms with van der Waals surface area (Å²) >= 11 is 5.90. The van der Waals surface area contributed by atoms with Crippen molar-refractivity contribution in [2.45, 2.75) is 6.92 Å². The highest BCUT2D eigenvalue weighted by atomic mass is 35.5. The van der Waals surface area contributed by atoms with Gasteiger partial charge in [-0.2, -0.15) is 0 Å². The number of aryl methyl sites for hydroxylation is 1. The molecule has 0 aliphatic heterocycles. The molecule has 0 unspecified atom stereocenters. The Bertz CT molecular complexity index is 841. The maximum atomic E-state index is 11.6. The number of nitrogens with zero attached hydrogens (tertiary/aromatic N) is 2. The zero-order valence-electron chi connectivity index (χ0n) is 11.8. The molecule has 3 rings (SSSR count). The summed E-state index contributed by atoms with van der Waals surface area (Å²) in [5.74, 6) is -0.265. The van der Waals surface area contributed by atoms with Gasteiger partial charge in [-0.15, -0.1) is 0 Å². The fraction of sp³-hybridized carbons (Fsp3) is 0.0588. The van der Waals surface area contributed by atoms with Gasteiger partial charge in [0, 0.05) is 11.9 Å². The topological polar surface area (TPSA) is 55.1 Å². The van der Waals surface area contributed by atoms with Gasteiger partial charge < -0.3 is 9.67 Å². The highest BCUT2D eigenvalue weighted by Gasteiger charge is 2.14. The molecule has 22 heavy (non-hydrogen) atoms. The molecule has 1 N–H and O–H groups in total. The first kappa shape index (κ1) is 14.4. The zero-order valence-corrected chi connectivity index (χ0v) is 12.6. The van der Waals surface area contributed by atoms with E-state index in [0.717, 1.165) is 5.56 Å². The highest BCUT2D eigenvalue weighted by Crippen LogP contribution is 2.27. The molecule has 1 heterocycles. The Labute approximate surface area is 132 Å². The number of aromatic carboxylic acids is 1. The lowest BCUT2D eigenvalue weighted by molar-refractivity contribution is 0.0697. The van der Waals surface area contributed by atoms with E-state index >= 15 is 0 Å². The summed E-state index contributed by atoms with van der Waals surface area (Å²) in [7, 11) is 0. The minimum absolute atomic E-state index is 0.243. The van der Waals surface area contributed by atoms with Gasteiger partial charge in [0.15, 0.2) is 0 Å². The van der Waals surface area contributed by atoms with Crippen LogP contribution in [0.25, 0.3) is 16.8 Å². The first-order chi connectivity index (χ1) is 10.6. The molecule has 0 spiro atoms. The van der Waals surface area contributed by atoms with Crippen molar-refractivity contribution >= 4 is 17.6 Å². The maximum Gasteiger partial charge on any atom is 0.336 e. The molecule has 0 saturated carbocycles. The van der Waals surface area contributed by atoms with Gasteiger partial charge in [0.2, 0.25) is 0 Å². The predicted octanol–water partition coefficient (Wildman–Crippen LogP) is 4.20. The van der Waals surface area contributed by atoms with Crippen molar-refractivity contribution in [2.75, 3.05) is 0 Å². The van der Waals surface area contributed by atoms with Crippen molar-refractivity contribution in [3.05, 3.63) is 71.3 Å². The van der Waals surface area contributed by atoms with Crippen LogP contribution in [0.1, 0.15) is 16.2 Å². The fourth-order valence-electron chi connectivity index (χ4n) is 2.43. The van der Waals surface area contributed by atoms with Crippen LogP contribution >= 0.6 is 11.6 Å². The fourth-order valence-corrected chi connectivity index (χ4v) is 2.65. The summed E-state index contributed by atoms with van der Waals surface area (Å²) in [5.41, 5.74) is 2.51. The van der Waals surface area contributed by atoms with Crippen molar-refractivity contribution < 1.29 is 9.90 Å². The van der Waals surface area contributed by atoms with Gasteiger partial charge in [0.1, 0.15) is 11.0 Å². The van der Waals surface area contributed by atoms with Crippen LogP contribution in [0, 0.1) is 6.92 Å². The van der Waals surface area contributed by atoms with Crippen LogP contribution < -0.4 is 0 Å². The molecule has 0 aliphatic carbocycles. The van der Waals surface area contributed by atoms with Crippen molar-refractivity contribution in [1.29, 1.82) is 0 Å². The van der Waals surface area contributed by atoms with E-state index in [9.17, 15) is 9.90 Å². The smallest absolute Gasteiger partial charge is 0.336 e. The molecule has 2 aromatic carbocycles. The first-order valence-electron chi connectivity index (χ1n) is 6.71. The van der Waals surface area contributed by atoms with E-state index in [2.05, 4.69) is 4.98 Å². The van der Waals surface area contributed by atoms with Crippen molar-refractivity contribution in [3.63, 3.8) is 0 Å². The van der Waals surface area contributed by atoms with E-state index in [4.69, 9.17) is 11.6 Å². The number of rotatable bonds is 3. The Hall–Kier alpha value is -2.59. The lowest BCUT2D eigenvalue weighted by atomic mass is 9.99. The number of carbonyl (C=O) groups is 1. The van der Waals surface area contributed by atoms with Gasteiger partial charge in [-0.25, -0.2) is 9.78 Å². The number of imidazole rings is 1. The first-order valence-corrected chi connectivity index (χ1v) is 7.08. The molecule has 1 aromatic heterocycles. The molecule has 110 valence electrons. The number of carboxylic acids is 1. The average molecular weight is 313 g/mol. The number of hydrogen-bond acceptors (Lipinski definition) is 2. The van der Waals surface area contributed by atoms with Gasteiger partial charge in [-0.3, -0.25) is 0 Å².